The van der Waals surface area contributed by atoms with E-state index >= 15 is 0 Å². The zero-order chi connectivity index (χ0) is 13.5. The van der Waals surface area contributed by atoms with Gasteiger partial charge in [-0.25, -0.2) is 0 Å². The van der Waals surface area contributed by atoms with Crippen LogP contribution in [0.2, 0.25) is 0 Å². The van der Waals surface area contributed by atoms with E-state index in [4.69, 9.17) is 5.73 Å². The van der Waals surface area contributed by atoms with Crippen molar-refractivity contribution in [3.05, 3.63) is 29.8 Å². The first-order chi connectivity index (χ1) is 9.25. The van der Waals surface area contributed by atoms with Crippen LogP contribution in [0.4, 0.5) is 5.69 Å². The lowest BCUT2D eigenvalue weighted by Crippen LogP contribution is -2.33. The van der Waals surface area contributed by atoms with Gasteiger partial charge in [-0.3, -0.25) is 4.79 Å². The van der Waals surface area contributed by atoms with Crippen LogP contribution >= 0.6 is 23.5 Å². The molecule has 1 aromatic rings. The van der Waals surface area contributed by atoms with Crippen LogP contribution in [0.3, 0.4) is 0 Å². The van der Waals surface area contributed by atoms with Gasteiger partial charge < -0.3 is 11.1 Å². The largest absolute Gasteiger partial charge is 0.399 e. The standard InChI is InChI=1S/C14H20N2OS2/c15-13-4-2-1-3-11(13)5-6-14(17)16-9-12-10-18-7-8-19-12/h1-4,12H,5-10,15H2,(H,16,17). The number of hydrogen-bond acceptors (Lipinski definition) is 4. The first-order valence-corrected chi connectivity index (χ1v) is 8.75. The fourth-order valence-corrected chi connectivity index (χ4v) is 4.59. The van der Waals surface area contributed by atoms with E-state index in [2.05, 4.69) is 5.32 Å². The molecule has 1 unspecified atom stereocenters. The molecule has 0 aliphatic carbocycles. The average Bonchev–Trinajstić information content (AvgIpc) is 2.45. The maximum Gasteiger partial charge on any atom is 0.220 e. The minimum Gasteiger partial charge on any atom is -0.399 e. The van der Waals surface area contributed by atoms with E-state index < -0.39 is 0 Å². The van der Waals surface area contributed by atoms with E-state index in [1.807, 2.05) is 47.8 Å². The molecule has 2 rings (SSSR count). The van der Waals surface area contributed by atoms with Crippen molar-refractivity contribution in [2.24, 2.45) is 0 Å². The third kappa shape index (κ3) is 4.99. The molecule has 1 aromatic carbocycles. The van der Waals surface area contributed by atoms with Crippen LogP contribution in [0.5, 0.6) is 0 Å². The van der Waals surface area contributed by atoms with Crippen molar-refractivity contribution in [2.45, 2.75) is 18.1 Å². The van der Waals surface area contributed by atoms with E-state index in [-0.39, 0.29) is 5.91 Å². The minimum absolute atomic E-state index is 0.124. The number of anilines is 1. The van der Waals surface area contributed by atoms with Gasteiger partial charge in [0.25, 0.3) is 0 Å². The molecule has 5 heteroatoms. The van der Waals surface area contributed by atoms with Gasteiger partial charge >= 0.3 is 0 Å². The molecule has 1 fully saturated rings. The summed E-state index contributed by atoms with van der Waals surface area (Å²) in [6.45, 7) is 0.792. The Morgan fingerprint density at radius 1 is 1.37 bits per heavy atom. The first-order valence-electron chi connectivity index (χ1n) is 6.55. The van der Waals surface area contributed by atoms with Crippen LogP contribution < -0.4 is 11.1 Å². The zero-order valence-corrected chi connectivity index (χ0v) is 12.6. The number of hydrogen-bond donors (Lipinski definition) is 2. The Bertz CT molecular complexity index is 420. The van der Waals surface area contributed by atoms with Gasteiger partial charge in [-0.1, -0.05) is 18.2 Å². The SMILES string of the molecule is Nc1ccccc1CCC(=O)NCC1CSCCS1. The molecule has 1 aliphatic heterocycles. The molecule has 0 spiro atoms. The lowest BCUT2D eigenvalue weighted by Gasteiger charge is -2.21. The number of benzene rings is 1. The zero-order valence-electron chi connectivity index (χ0n) is 10.9. The fraction of sp³-hybridized carbons (Fsp3) is 0.500. The van der Waals surface area contributed by atoms with Crippen LogP contribution in [-0.2, 0) is 11.2 Å². The Balaban J connectivity index is 1.68. The Hall–Kier alpha value is -0.810. The van der Waals surface area contributed by atoms with Crippen molar-refractivity contribution < 1.29 is 4.79 Å². The summed E-state index contributed by atoms with van der Waals surface area (Å²) in [5.41, 5.74) is 7.69. The molecule has 1 saturated heterocycles. The molecular weight excluding hydrogens is 276 g/mol. The molecule has 1 atom stereocenters. The number of carbonyl (C=O) groups excluding carboxylic acids is 1. The fourth-order valence-electron chi connectivity index (χ4n) is 1.98. The second-order valence-corrected chi connectivity index (χ2v) is 7.13. The molecule has 0 aromatic heterocycles. The predicted molar refractivity (Wildman–Crippen MR) is 85.8 cm³/mol. The average molecular weight is 296 g/mol. The molecule has 104 valence electrons. The molecule has 1 amide bonds. The summed E-state index contributed by atoms with van der Waals surface area (Å²) in [6, 6.07) is 7.73. The second kappa shape index (κ2) is 7.70. The molecule has 3 N–H and O–H groups in total. The van der Waals surface area contributed by atoms with Gasteiger partial charge in [0.1, 0.15) is 0 Å². The number of aryl methyl sites for hydroxylation is 1. The third-order valence-corrected chi connectivity index (χ3v) is 5.93. The number of thioether (sulfide) groups is 2. The normalized spacial score (nSPS) is 19.1. The summed E-state index contributed by atoms with van der Waals surface area (Å²) in [4.78, 5) is 11.8. The highest BCUT2D eigenvalue weighted by Gasteiger charge is 2.15. The minimum atomic E-state index is 0.124. The van der Waals surface area contributed by atoms with Crippen LogP contribution in [0.15, 0.2) is 24.3 Å². The summed E-state index contributed by atoms with van der Waals surface area (Å²) in [5.74, 6) is 3.71. The number of nitrogen functional groups attached to an aromatic ring is 1. The van der Waals surface area contributed by atoms with E-state index in [1.54, 1.807) is 0 Å². The van der Waals surface area contributed by atoms with Gasteiger partial charge in [0, 0.05) is 41.2 Å². The van der Waals surface area contributed by atoms with Crippen LogP contribution in [0.25, 0.3) is 0 Å². The maximum absolute atomic E-state index is 11.8. The van der Waals surface area contributed by atoms with E-state index in [0.717, 1.165) is 23.5 Å². The molecule has 1 heterocycles. The Morgan fingerprint density at radius 2 is 2.21 bits per heavy atom. The van der Waals surface area contributed by atoms with Gasteiger partial charge in [-0.15, -0.1) is 0 Å². The summed E-state index contributed by atoms with van der Waals surface area (Å²) in [6.07, 6.45) is 1.23. The number of para-hydroxylation sites is 1. The summed E-state index contributed by atoms with van der Waals surface area (Å²) in [5, 5.41) is 3.60. The second-order valence-electron chi connectivity index (χ2n) is 4.57. The number of carbonyl (C=O) groups is 1. The quantitative estimate of drug-likeness (QED) is 0.818. The lowest BCUT2D eigenvalue weighted by molar-refractivity contribution is -0.121. The maximum atomic E-state index is 11.8. The highest BCUT2D eigenvalue weighted by atomic mass is 32.2. The first kappa shape index (κ1) is 14.6. The Labute approximate surface area is 123 Å². The highest BCUT2D eigenvalue weighted by molar-refractivity contribution is 8.06. The van der Waals surface area contributed by atoms with Crippen LogP contribution in [0, 0.1) is 0 Å². The highest BCUT2D eigenvalue weighted by Crippen LogP contribution is 2.23. The van der Waals surface area contributed by atoms with Gasteiger partial charge in [-0.05, 0) is 18.1 Å². The summed E-state index contributed by atoms with van der Waals surface area (Å²) in [7, 11) is 0. The van der Waals surface area contributed by atoms with Gasteiger partial charge in [-0.2, -0.15) is 23.5 Å². The number of amides is 1. The van der Waals surface area contributed by atoms with Crippen molar-refractivity contribution in [3.63, 3.8) is 0 Å². The number of nitrogens with two attached hydrogens (primary N) is 1. The van der Waals surface area contributed by atoms with Crippen molar-refractivity contribution in [1.29, 1.82) is 0 Å². The smallest absolute Gasteiger partial charge is 0.220 e. The lowest BCUT2D eigenvalue weighted by atomic mass is 10.1. The van der Waals surface area contributed by atoms with E-state index in [0.29, 0.717) is 18.1 Å². The predicted octanol–water partition coefficient (Wildman–Crippen LogP) is 2.17. The summed E-state index contributed by atoms with van der Waals surface area (Å²) < 4.78 is 0. The third-order valence-electron chi connectivity index (χ3n) is 3.09. The summed E-state index contributed by atoms with van der Waals surface area (Å²) >= 11 is 3.94. The Kier molecular flexibility index (Phi) is 5.92. The molecule has 0 radical (unpaired) electrons. The van der Waals surface area contributed by atoms with Crippen molar-refractivity contribution in [3.8, 4) is 0 Å². The van der Waals surface area contributed by atoms with Crippen LogP contribution in [-0.4, -0.2) is 35.0 Å². The number of nitrogens with one attached hydrogen (secondary N) is 1. The van der Waals surface area contributed by atoms with E-state index in [9.17, 15) is 4.79 Å². The Morgan fingerprint density at radius 3 is 2.95 bits per heavy atom. The molecular formula is C14H20N2OS2. The van der Waals surface area contributed by atoms with E-state index in [1.165, 1.54) is 11.5 Å². The van der Waals surface area contributed by atoms with Crippen molar-refractivity contribution >= 4 is 35.1 Å². The van der Waals surface area contributed by atoms with Crippen molar-refractivity contribution in [1.82, 2.24) is 5.32 Å². The topological polar surface area (TPSA) is 55.1 Å². The molecule has 0 bridgehead atoms. The molecule has 1 aliphatic rings. The van der Waals surface area contributed by atoms with Gasteiger partial charge in [0.2, 0.25) is 5.91 Å². The molecule has 0 saturated carbocycles. The van der Waals surface area contributed by atoms with Crippen LogP contribution in [0.1, 0.15) is 12.0 Å². The number of rotatable bonds is 5. The monoisotopic (exact) mass is 296 g/mol. The van der Waals surface area contributed by atoms with Gasteiger partial charge in [0.15, 0.2) is 0 Å². The molecule has 3 nitrogen and oxygen atoms in total. The molecule has 19 heavy (non-hydrogen) atoms. The van der Waals surface area contributed by atoms with Gasteiger partial charge in [0.05, 0.1) is 0 Å². The van der Waals surface area contributed by atoms with Crippen molar-refractivity contribution in [2.75, 3.05) is 29.5 Å².